The topological polar surface area (TPSA) is 43.4 Å². The molecule has 3 nitrogen and oxygen atoms in total. The molecule has 0 heterocycles. The zero-order chi connectivity index (χ0) is 18.5. The summed E-state index contributed by atoms with van der Waals surface area (Å²) < 4.78 is 6.73. The molecule has 0 aromatic rings. The number of rotatable bonds is 2. The van der Waals surface area contributed by atoms with Crippen LogP contribution in [0.1, 0.15) is 58.3 Å². The summed E-state index contributed by atoms with van der Waals surface area (Å²) in [6.07, 6.45) is 8.50. The molecule has 1 unspecified atom stereocenters. The SMILES string of the molecule is C[C@]12CC[C@H]3[C@@H](CC[C@H]4CC(=O)C[C@H]5[C@H](O[Si](C)(C)C)C435)[C@@H]1CCC2=O. The Kier molecular flexibility index (Phi) is 3.60. The minimum absolute atomic E-state index is 0.0470. The lowest BCUT2D eigenvalue weighted by atomic mass is 9.49. The van der Waals surface area contributed by atoms with Gasteiger partial charge in [-0.1, -0.05) is 6.92 Å². The van der Waals surface area contributed by atoms with E-state index in [-0.39, 0.29) is 10.8 Å². The molecule has 5 aliphatic rings. The number of hydrogen-bond acceptors (Lipinski definition) is 3. The molecule has 5 rings (SSSR count). The van der Waals surface area contributed by atoms with Crippen molar-refractivity contribution in [2.75, 3.05) is 0 Å². The summed E-state index contributed by atoms with van der Waals surface area (Å²) >= 11 is 0. The first-order valence-electron chi connectivity index (χ1n) is 10.9. The third kappa shape index (κ3) is 2.15. The molecule has 0 aliphatic heterocycles. The lowest BCUT2D eigenvalue weighted by Crippen LogP contribution is -2.51. The molecular weight excluding hydrogens is 340 g/mol. The molecule has 0 bridgehead atoms. The van der Waals surface area contributed by atoms with E-state index in [1.54, 1.807) is 0 Å². The van der Waals surface area contributed by atoms with Gasteiger partial charge in [-0.15, -0.1) is 0 Å². The fourth-order valence-electron chi connectivity index (χ4n) is 8.25. The van der Waals surface area contributed by atoms with Crippen LogP contribution in [0.2, 0.25) is 19.6 Å². The van der Waals surface area contributed by atoms with Crippen LogP contribution in [0.5, 0.6) is 0 Å². The van der Waals surface area contributed by atoms with Gasteiger partial charge in [-0.05, 0) is 81.3 Å². The Bertz CT molecular complexity index is 667. The van der Waals surface area contributed by atoms with E-state index in [0.29, 0.717) is 47.3 Å². The van der Waals surface area contributed by atoms with Gasteiger partial charge in [0.05, 0.1) is 6.10 Å². The monoisotopic (exact) mass is 374 g/mol. The third-order valence-corrected chi connectivity index (χ3v) is 10.1. The van der Waals surface area contributed by atoms with Gasteiger partial charge in [0.25, 0.3) is 0 Å². The second-order valence-electron chi connectivity index (χ2n) is 11.3. The van der Waals surface area contributed by atoms with Crippen molar-refractivity contribution in [3.05, 3.63) is 0 Å². The molecule has 0 aromatic carbocycles. The average molecular weight is 375 g/mol. The van der Waals surface area contributed by atoms with Gasteiger partial charge in [-0.25, -0.2) is 0 Å². The van der Waals surface area contributed by atoms with Gasteiger partial charge in [0, 0.05) is 30.1 Å². The van der Waals surface area contributed by atoms with Gasteiger partial charge in [0.1, 0.15) is 11.6 Å². The van der Waals surface area contributed by atoms with E-state index in [9.17, 15) is 9.59 Å². The summed E-state index contributed by atoms with van der Waals surface area (Å²) in [6.45, 7) is 9.13. The molecule has 0 N–H and O–H groups in total. The molecule has 5 saturated carbocycles. The highest BCUT2D eigenvalue weighted by Gasteiger charge is 2.77. The molecule has 0 radical (unpaired) electrons. The maximum absolute atomic E-state index is 12.6. The molecular formula is C22H34O3Si. The van der Waals surface area contributed by atoms with Crippen LogP contribution >= 0.6 is 0 Å². The van der Waals surface area contributed by atoms with E-state index < -0.39 is 8.32 Å². The van der Waals surface area contributed by atoms with Gasteiger partial charge in [0.2, 0.25) is 0 Å². The van der Waals surface area contributed by atoms with Crippen LogP contribution in [0.25, 0.3) is 0 Å². The van der Waals surface area contributed by atoms with Crippen molar-refractivity contribution in [1.29, 1.82) is 0 Å². The minimum atomic E-state index is -1.62. The lowest BCUT2D eigenvalue weighted by Gasteiger charge is -2.55. The molecule has 0 saturated heterocycles. The van der Waals surface area contributed by atoms with Crippen LogP contribution in [0, 0.1) is 40.4 Å². The Morgan fingerprint density at radius 3 is 2.46 bits per heavy atom. The summed E-state index contributed by atoms with van der Waals surface area (Å²) in [7, 11) is -1.62. The number of carbonyl (C=O) groups excluding carboxylic acids is 2. The van der Waals surface area contributed by atoms with Crippen molar-refractivity contribution in [3.8, 4) is 0 Å². The number of Topliss-reactive ketones (excluding diaryl/α,β-unsaturated/α-hetero) is 2. The van der Waals surface area contributed by atoms with Crippen molar-refractivity contribution in [2.45, 2.75) is 84.0 Å². The highest BCUT2D eigenvalue weighted by molar-refractivity contribution is 6.69. The van der Waals surface area contributed by atoms with E-state index >= 15 is 0 Å². The Morgan fingerprint density at radius 1 is 0.962 bits per heavy atom. The largest absolute Gasteiger partial charge is 0.414 e. The van der Waals surface area contributed by atoms with Gasteiger partial charge in [-0.2, -0.15) is 0 Å². The summed E-state index contributed by atoms with van der Waals surface area (Å²) in [5, 5.41) is 0. The van der Waals surface area contributed by atoms with Crippen molar-refractivity contribution in [2.24, 2.45) is 40.4 Å². The Balaban J connectivity index is 1.50. The molecule has 0 amide bonds. The smallest absolute Gasteiger partial charge is 0.184 e. The van der Waals surface area contributed by atoms with Crippen LogP contribution in [-0.2, 0) is 14.0 Å². The number of ketones is 2. The standard InChI is InChI=1S/C22H34O3Si/c1-21-10-9-17-15(16(21)7-8-19(21)24)6-5-13-11-14(23)12-18-20(22(13,17)18)25-26(2,3)4/h13,15-18,20H,5-12H2,1-4H3/t13-,15-,16-,17-,18-,20-,21-,22?/m0/s1. The van der Waals surface area contributed by atoms with Crippen LogP contribution < -0.4 is 0 Å². The second-order valence-corrected chi connectivity index (χ2v) is 15.7. The second kappa shape index (κ2) is 5.31. The molecule has 144 valence electrons. The van der Waals surface area contributed by atoms with E-state index in [0.717, 1.165) is 32.1 Å². The first-order chi connectivity index (χ1) is 12.2. The van der Waals surface area contributed by atoms with E-state index in [1.807, 2.05) is 0 Å². The van der Waals surface area contributed by atoms with Gasteiger partial charge in [0.15, 0.2) is 8.32 Å². The minimum Gasteiger partial charge on any atom is -0.414 e. The van der Waals surface area contributed by atoms with Crippen LogP contribution in [0.15, 0.2) is 0 Å². The average Bonchev–Trinajstić information content (AvgIpc) is 3.03. The van der Waals surface area contributed by atoms with E-state index in [4.69, 9.17) is 4.43 Å². The summed E-state index contributed by atoms with van der Waals surface area (Å²) in [6, 6.07) is 0. The summed E-state index contributed by atoms with van der Waals surface area (Å²) in [4.78, 5) is 25.0. The van der Waals surface area contributed by atoms with Crippen molar-refractivity contribution < 1.29 is 14.0 Å². The van der Waals surface area contributed by atoms with Gasteiger partial charge >= 0.3 is 0 Å². The first-order valence-corrected chi connectivity index (χ1v) is 14.3. The fraction of sp³-hybridized carbons (Fsp3) is 0.909. The maximum Gasteiger partial charge on any atom is 0.184 e. The van der Waals surface area contributed by atoms with Crippen molar-refractivity contribution in [3.63, 3.8) is 0 Å². The summed E-state index contributed by atoms with van der Waals surface area (Å²) in [5.74, 6) is 4.03. The van der Waals surface area contributed by atoms with E-state index in [1.165, 1.54) is 19.3 Å². The van der Waals surface area contributed by atoms with Gasteiger partial charge in [-0.3, -0.25) is 9.59 Å². The van der Waals surface area contributed by atoms with Crippen LogP contribution in [-0.4, -0.2) is 26.0 Å². The Hall–Kier alpha value is -0.483. The van der Waals surface area contributed by atoms with Crippen molar-refractivity contribution in [1.82, 2.24) is 0 Å². The quantitative estimate of drug-likeness (QED) is 0.663. The predicted molar refractivity (Wildman–Crippen MR) is 103 cm³/mol. The van der Waals surface area contributed by atoms with Crippen molar-refractivity contribution >= 4 is 19.9 Å². The van der Waals surface area contributed by atoms with Crippen LogP contribution in [0.3, 0.4) is 0 Å². The molecule has 0 aromatic heterocycles. The zero-order valence-electron chi connectivity index (χ0n) is 16.8. The highest BCUT2D eigenvalue weighted by Crippen LogP contribution is 2.77. The number of hydrogen-bond donors (Lipinski definition) is 0. The van der Waals surface area contributed by atoms with Crippen LogP contribution in [0.4, 0.5) is 0 Å². The third-order valence-electron chi connectivity index (χ3n) is 9.14. The summed E-state index contributed by atoms with van der Waals surface area (Å²) in [5.41, 5.74) is 0.235. The molecule has 5 aliphatic carbocycles. The van der Waals surface area contributed by atoms with E-state index in [2.05, 4.69) is 26.6 Å². The predicted octanol–water partition coefficient (Wildman–Crippen LogP) is 4.61. The fourth-order valence-corrected chi connectivity index (χ4v) is 9.38. The Labute approximate surface area is 158 Å². The number of carbonyl (C=O) groups is 2. The molecule has 26 heavy (non-hydrogen) atoms. The molecule has 5 fully saturated rings. The van der Waals surface area contributed by atoms with Gasteiger partial charge < -0.3 is 4.43 Å². The molecule has 4 heteroatoms. The normalized spacial score (nSPS) is 52.8. The zero-order valence-corrected chi connectivity index (χ0v) is 17.8. The molecule has 1 spiro atoms. The Morgan fingerprint density at radius 2 is 1.73 bits per heavy atom. The highest BCUT2D eigenvalue weighted by atomic mass is 28.4. The first kappa shape index (κ1) is 17.6. The maximum atomic E-state index is 12.6. The number of fused-ring (bicyclic) bond motifs is 3. The lowest BCUT2D eigenvalue weighted by molar-refractivity contribution is -0.136. The molecule has 8 atom stereocenters.